The number of H-pyrrole nitrogens is 1. The molecule has 0 saturated carbocycles. The topological polar surface area (TPSA) is 45.3 Å². The quantitative estimate of drug-likeness (QED) is 0.823. The van der Waals surface area contributed by atoms with E-state index in [0.29, 0.717) is 12.0 Å². The first-order chi connectivity index (χ1) is 10.6. The fourth-order valence-corrected chi connectivity index (χ4v) is 4.54. The number of nitrogens with one attached hydrogen (secondary N) is 1. The van der Waals surface area contributed by atoms with Gasteiger partial charge in [-0.05, 0) is 30.7 Å². The van der Waals surface area contributed by atoms with Crippen LogP contribution >= 0.6 is 0 Å². The Morgan fingerprint density at radius 1 is 1.41 bits per heavy atom. The third-order valence-corrected chi connectivity index (χ3v) is 5.38. The van der Waals surface area contributed by atoms with Gasteiger partial charge in [0.1, 0.15) is 6.10 Å². The molecule has 1 N–H and O–H groups in total. The van der Waals surface area contributed by atoms with Crippen molar-refractivity contribution >= 4 is 16.9 Å². The highest BCUT2D eigenvalue weighted by atomic mass is 16.5. The van der Waals surface area contributed by atoms with E-state index < -0.39 is 0 Å². The van der Waals surface area contributed by atoms with Crippen molar-refractivity contribution in [3.63, 3.8) is 0 Å². The monoisotopic (exact) mass is 298 g/mol. The molecule has 1 fully saturated rings. The maximum absolute atomic E-state index is 11.6. The standard InChI is InChI=1S/C18H22N2O2/c1-10-9-20(3)15-7-12-8-19-14-6-4-5-13(16(12)14)17(15)18(10)22-11(2)21/h4-6,8,10,15,17-19H,7,9H2,1-3H3/t10-,15+,17+,18-/m0/s1. The average Bonchev–Trinajstić information content (AvgIpc) is 2.88. The minimum atomic E-state index is -0.174. The van der Waals surface area contributed by atoms with E-state index in [1.807, 2.05) is 0 Å². The predicted molar refractivity (Wildman–Crippen MR) is 85.9 cm³/mol. The molecule has 2 heterocycles. The molecular formula is C18H22N2O2. The molecule has 0 amide bonds. The van der Waals surface area contributed by atoms with Crippen molar-refractivity contribution in [1.82, 2.24) is 9.88 Å². The highest BCUT2D eigenvalue weighted by molar-refractivity contribution is 5.88. The van der Waals surface area contributed by atoms with Crippen molar-refractivity contribution in [2.24, 2.45) is 5.92 Å². The van der Waals surface area contributed by atoms with Crippen LogP contribution in [0.4, 0.5) is 0 Å². The van der Waals surface area contributed by atoms with Crippen molar-refractivity contribution in [3.05, 3.63) is 35.5 Å². The number of nitrogens with zero attached hydrogens (tertiary/aromatic N) is 1. The molecule has 116 valence electrons. The van der Waals surface area contributed by atoms with Crippen LogP contribution < -0.4 is 0 Å². The molecule has 0 spiro atoms. The van der Waals surface area contributed by atoms with Gasteiger partial charge in [0.05, 0.1) is 0 Å². The first-order valence-corrected chi connectivity index (χ1v) is 8.02. The van der Waals surface area contributed by atoms with Gasteiger partial charge in [-0.1, -0.05) is 19.1 Å². The molecule has 1 aromatic carbocycles. The van der Waals surface area contributed by atoms with E-state index >= 15 is 0 Å². The van der Waals surface area contributed by atoms with Gasteiger partial charge in [0.2, 0.25) is 0 Å². The number of aromatic nitrogens is 1. The van der Waals surface area contributed by atoms with Crippen molar-refractivity contribution < 1.29 is 9.53 Å². The number of carbonyl (C=O) groups is 1. The summed E-state index contributed by atoms with van der Waals surface area (Å²) in [5.74, 6) is 0.419. The molecule has 1 aliphatic heterocycles. The van der Waals surface area contributed by atoms with Gasteiger partial charge >= 0.3 is 5.97 Å². The highest BCUT2D eigenvalue weighted by Gasteiger charge is 2.46. The molecule has 2 aliphatic rings. The molecule has 1 saturated heterocycles. The van der Waals surface area contributed by atoms with Gasteiger partial charge < -0.3 is 14.6 Å². The first kappa shape index (κ1) is 13.8. The molecule has 4 atom stereocenters. The van der Waals surface area contributed by atoms with Crippen LogP contribution in [0.2, 0.25) is 0 Å². The number of carbonyl (C=O) groups excluding carboxylic acids is 1. The average molecular weight is 298 g/mol. The molecule has 4 rings (SSSR count). The van der Waals surface area contributed by atoms with E-state index in [9.17, 15) is 4.79 Å². The molecule has 4 nitrogen and oxygen atoms in total. The summed E-state index contributed by atoms with van der Waals surface area (Å²) in [6, 6.07) is 6.83. The number of hydrogen-bond acceptors (Lipinski definition) is 3. The van der Waals surface area contributed by atoms with Gasteiger partial charge in [-0.3, -0.25) is 4.79 Å². The van der Waals surface area contributed by atoms with Crippen LogP contribution in [0.5, 0.6) is 0 Å². The Kier molecular flexibility index (Phi) is 3.05. The van der Waals surface area contributed by atoms with E-state index in [1.165, 1.54) is 29.0 Å². The number of likely N-dealkylation sites (N-methyl/N-ethyl adjacent to an activating group) is 1. The third kappa shape index (κ3) is 1.90. The zero-order chi connectivity index (χ0) is 15.4. The lowest BCUT2D eigenvalue weighted by atomic mass is 9.71. The Labute approximate surface area is 130 Å². The van der Waals surface area contributed by atoms with Crippen molar-refractivity contribution in [2.45, 2.75) is 38.3 Å². The molecule has 0 radical (unpaired) electrons. The van der Waals surface area contributed by atoms with E-state index in [2.05, 4.69) is 48.3 Å². The molecule has 4 heteroatoms. The summed E-state index contributed by atoms with van der Waals surface area (Å²) in [5.41, 5.74) is 3.90. The number of ether oxygens (including phenoxy) is 1. The SMILES string of the molecule is CC(=O)O[C@@H]1[C@@H]2c3cccc4[nH]cc(c34)C[C@H]2N(C)C[C@@H]1C. The lowest BCUT2D eigenvalue weighted by Gasteiger charge is -2.48. The fraction of sp³-hybridized carbons (Fsp3) is 0.500. The molecule has 22 heavy (non-hydrogen) atoms. The highest BCUT2D eigenvalue weighted by Crippen LogP contribution is 2.45. The van der Waals surface area contributed by atoms with Crippen LogP contribution in [0.3, 0.4) is 0 Å². The number of hydrogen-bond donors (Lipinski definition) is 1. The van der Waals surface area contributed by atoms with Crippen LogP contribution in [0.25, 0.3) is 10.9 Å². The summed E-state index contributed by atoms with van der Waals surface area (Å²) in [7, 11) is 2.19. The summed E-state index contributed by atoms with van der Waals surface area (Å²) in [6.07, 6.45) is 3.12. The summed E-state index contributed by atoms with van der Waals surface area (Å²) < 4.78 is 5.77. The van der Waals surface area contributed by atoms with Gasteiger partial charge in [0.15, 0.2) is 0 Å². The fourth-order valence-electron chi connectivity index (χ4n) is 4.54. The summed E-state index contributed by atoms with van der Waals surface area (Å²) >= 11 is 0. The molecule has 0 bridgehead atoms. The minimum absolute atomic E-state index is 0.0349. The van der Waals surface area contributed by atoms with Crippen molar-refractivity contribution in [3.8, 4) is 0 Å². The number of benzene rings is 1. The zero-order valence-corrected chi connectivity index (χ0v) is 13.3. The summed E-state index contributed by atoms with van der Waals surface area (Å²) in [4.78, 5) is 17.4. The lowest BCUT2D eigenvalue weighted by Crippen LogP contribution is -2.55. The Morgan fingerprint density at radius 3 is 3.00 bits per heavy atom. The smallest absolute Gasteiger partial charge is 0.302 e. The second kappa shape index (κ2) is 4.85. The van der Waals surface area contributed by atoms with Crippen LogP contribution in [0.1, 0.15) is 30.9 Å². The summed E-state index contributed by atoms with van der Waals surface area (Å²) in [5, 5.41) is 1.34. The molecule has 2 aromatic rings. The van der Waals surface area contributed by atoms with Crippen LogP contribution in [0, 0.1) is 5.92 Å². The summed E-state index contributed by atoms with van der Waals surface area (Å²) in [6.45, 7) is 4.67. The van der Waals surface area contributed by atoms with Gasteiger partial charge in [0, 0.05) is 48.4 Å². The number of fused-ring (bicyclic) bond motifs is 2. The van der Waals surface area contributed by atoms with Crippen LogP contribution in [-0.2, 0) is 16.0 Å². The number of rotatable bonds is 1. The maximum atomic E-state index is 11.6. The van der Waals surface area contributed by atoms with Crippen LogP contribution in [0.15, 0.2) is 24.4 Å². The Morgan fingerprint density at radius 2 is 2.23 bits per heavy atom. The van der Waals surface area contributed by atoms with E-state index in [1.54, 1.807) is 0 Å². The second-order valence-corrected chi connectivity index (χ2v) is 6.87. The first-order valence-electron chi connectivity index (χ1n) is 8.02. The maximum Gasteiger partial charge on any atom is 0.302 e. The number of aromatic amines is 1. The Hall–Kier alpha value is -1.81. The van der Waals surface area contributed by atoms with E-state index in [0.717, 1.165) is 13.0 Å². The van der Waals surface area contributed by atoms with Crippen LogP contribution in [-0.4, -0.2) is 41.6 Å². The number of likely N-dealkylation sites (tertiary alicyclic amines) is 1. The van der Waals surface area contributed by atoms with Gasteiger partial charge in [-0.2, -0.15) is 0 Å². The van der Waals surface area contributed by atoms with E-state index in [-0.39, 0.29) is 18.0 Å². The third-order valence-electron chi connectivity index (χ3n) is 5.38. The molecule has 1 aromatic heterocycles. The Balaban J connectivity index is 1.88. The largest absolute Gasteiger partial charge is 0.462 e. The van der Waals surface area contributed by atoms with Crippen molar-refractivity contribution in [2.75, 3.05) is 13.6 Å². The van der Waals surface area contributed by atoms with Crippen molar-refractivity contribution in [1.29, 1.82) is 0 Å². The second-order valence-electron chi connectivity index (χ2n) is 6.87. The Bertz CT molecular complexity index is 736. The minimum Gasteiger partial charge on any atom is -0.462 e. The molecule has 1 aliphatic carbocycles. The number of piperidine rings is 1. The zero-order valence-electron chi connectivity index (χ0n) is 13.3. The van der Waals surface area contributed by atoms with Gasteiger partial charge in [-0.15, -0.1) is 0 Å². The normalized spacial score (nSPS) is 31.0. The molecular weight excluding hydrogens is 276 g/mol. The van der Waals surface area contributed by atoms with E-state index in [4.69, 9.17) is 4.74 Å². The molecule has 0 unspecified atom stereocenters. The predicted octanol–water partition coefficient (Wildman–Crippen LogP) is 2.69. The van der Waals surface area contributed by atoms with Gasteiger partial charge in [0.25, 0.3) is 0 Å². The van der Waals surface area contributed by atoms with Gasteiger partial charge in [-0.25, -0.2) is 0 Å². The lowest BCUT2D eigenvalue weighted by molar-refractivity contribution is -0.155. The number of esters is 1.